The molecule has 10 aromatic rings. The van der Waals surface area contributed by atoms with Crippen LogP contribution >= 0.6 is 0 Å². The van der Waals surface area contributed by atoms with Crippen LogP contribution < -0.4 is 0 Å². The van der Waals surface area contributed by atoms with Gasteiger partial charge in [0.15, 0.2) is 17.5 Å². The molecule has 10 rings (SSSR count). The predicted molar refractivity (Wildman–Crippen MR) is 195 cm³/mol. The normalized spacial score (nSPS) is 11.8. The number of hydrogen-bond donors (Lipinski definition) is 0. The average Bonchev–Trinajstić information content (AvgIpc) is 3.71. The Bertz CT molecular complexity index is 2800. The van der Waals surface area contributed by atoms with Gasteiger partial charge in [0.25, 0.3) is 0 Å². The molecule has 3 aromatic heterocycles. The van der Waals surface area contributed by atoms with Crippen LogP contribution in [0.5, 0.6) is 0 Å². The van der Waals surface area contributed by atoms with Crippen molar-refractivity contribution in [3.05, 3.63) is 158 Å². The summed E-state index contributed by atoms with van der Waals surface area (Å²) in [4.78, 5) is 15.3. The third kappa shape index (κ3) is 4.08. The van der Waals surface area contributed by atoms with Gasteiger partial charge in [-0.1, -0.05) is 121 Å². The minimum atomic E-state index is 0.566. The molecule has 0 aliphatic carbocycles. The van der Waals surface area contributed by atoms with Crippen molar-refractivity contribution in [2.75, 3.05) is 0 Å². The predicted octanol–water partition coefficient (Wildman–Crippen LogP) is 11.0. The Kier molecular flexibility index (Phi) is 5.81. The highest BCUT2D eigenvalue weighted by Crippen LogP contribution is 2.41. The zero-order valence-corrected chi connectivity index (χ0v) is 25.7. The number of hydrogen-bond acceptors (Lipinski definition) is 4. The molecule has 0 atom stereocenters. The van der Waals surface area contributed by atoms with Gasteiger partial charge in [-0.25, -0.2) is 15.0 Å². The molecule has 0 amide bonds. The SMILES string of the molecule is c1ccc(-c2nc(-c3cccc(-n4c5ccccc5c5ccccc54)c3)nc(-c3cc4ccccc4c4c3oc3ccccc34)n2)cc1. The first-order chi connectivity index (χ1) is 23.8. The van der Waals surface area contributed by atoms with E-state index in [1.54, 1.807) is 0 Å². The van der Waals surface area contributed by atoms with Crippen LogP contribution in [0.1, 0.15) is 0 Å². The van der Waals surface area contributed by atoms with Crippen LogP contribution in [-0.4, -0.2) is 19.5 Å². The summed E-state index contributed by atoms with van der Waals surface area (Å²) in [7, 11) is 0. The topological polar surface area (TPSA) is 56.7 Å². The van der Waals surface area contributed by atoms with E-state index in [0.717, 1.165) is 66.1 Å². The summed E-state index contributed by atoms with van der Waals surface area (Å²) in [6, 6.07) is 54.4. The van der Waals surface area contributed by atoms with Gasteiger partial charge in [0.2, 0.25) is 0 Å². The van der Waals surface area contributed by atoms with E-state index < -0.39 is 0 Å². The minimum Gasteiger partial charge on any atom is -0.455 e. The summed E-state index contributed by atoms with van der Waals surface area (Å²) >= 11 is 0. The number of aromatic nitrogens is 4. The van der Waals surface area contributed by atoms with Gasteiger partial charge in [0.05, 0.1) is 16.6 Å². The maximum atomic E-state index is 6.58. The maximum absolute atomic E-state index is 6.58. The van der Waals surface area contributed by atoms with Crippen molar-refractivity contribution in [3.63, 3.8) is 0 Å². The Morgan fingerprint density at radius 1 is 0.438 bits per heavy atom. The van der Waals surface area contributed by atoms with Gasteiger partial charge in [-0.15, -0.1) is 0 Å². The molecule has 224 valence electrons. The summed E-state index contributed by atoms with van der Waals surface area (Å²) in [6.07, 6.45) is 0. The Morgan fingerprint density at radius 2 is 1.02 bits per heavy atom. The van der Waals surface area contributed by atoms with Crippen LogP contribution in [0.15, 0.2) is 162 Å². The second kappa shape index (κ2) is 10.5. The third-order valence-electron chi connectivity index (χ3n) is 9.22. The average molecular weight is 615 g/mol. The van der Waals surface area contributed by atoms with Crippen LogP contribution in [0, 0.1) is 0 Å². The fraction of sp³-hybridized carbons (Fsp3) is 0. The molecule has 0 fully saturated rings. The zero-order chi connectivity index (χ0) is 31.6. The second-order valence-corrected chi connectivity index (χ2v) is 12.0. The van der Waals surface area contributed by atoms with Crippen LogP contribution in [0.25, 0.3) is 94.4 Å². The first-order valence-electron chi connectivity index (χ1n) is 16.0. The van der Waals surface area contributed by atoms with Gasteiger partial charge in [-0.3, -0.25) is 0 Å². The van der Waals surface area contributed by atoms with Crippen molar-refractivity contribution in [3.8, 4) is 39.9 Å². The molecule has 0 saturated carbocycles. The highest BCUT2D eigenvalue weighted by Gasteiger charge is 2.20. The minimum absolute atomic E-state index is 0.566. The number of para-hydroxylation sites is 3. The highest BCUT2D eigenvalue weighted by molar-refractivity contribution is 6.22. The lowest BCUT2D eigenvalue weighted by Gasteiger charge is -2.12. The molecule has 3 heterocycles. The number of furan rings is 1. The van der Waals surface area contributed by atoms with Gasteiger partial charge in [-0.05, 0) is 47.2 Å². The lowest BCUT2D eigenvalue weighted by Crippen LogP contribution is -2.01. The van der Waals surface area contributed by atoms with Crippen molar-refractivity contribution >= 4 is 54.5 Å². The molecule has 48 heavy (non-hydrogen) atoms. The molecule has 0 aliphatic rings. The quantitative estimate of drug-likeness (QED) is 0.198. The molecular formula is C43H26N4O. The van der Waals surface area contributed by atoms with Crippen molar-refractivity contribution < 1.29 is 4.42 Å². The standard InChI is InChI=1S/C43H26N4O/c1-2-13-27(14-3-1)41-44-42(29-16-12-17-30(25-29)47-36-22-9-6-19-32(36)33-20-7-10-23-37(33)47)46-43(45-41)35-26-28-15-4-5-18-31(28)39-34-21-8-11-24-38(34)48-40(35)39/h1-26H. The molecule has 0 unspecified atom stereocenters. The lowest BCUT2D eigenvalue weighted by atomic mass is 10.00. The van der Waals surface area contributed by atoms with Crippen LogP contribution in [-0.2, 0) is 0 Å². The van der Waals surface area contributed by atoms with Gasteiger partial charge < -0.3 is 8.98 Å². The fourth-order valence-electron chi connectivity index (χ4n) is 7.07. The smallest absolute Gasteiger partial charge is 0.167 e. The Balaban J connectivity index is 1.23. The van der Waals surface area contributed by atoms with E-state index in [1.807, 2.05) is 42.5 Å². The number of rotatable bonds is 4. The van der Waals surface area contributed by atoms with Crippen molar-refractivity contribution in [1.29, 1.82) is 0 Å². The molecular weight excluding hydrogens is 589 g/mol. The molecule has 0 saturated heterocycles. The molecule has 0 aliphatic heterocycles. The molecule has 0 bridgehead atoms. The molecule has 5 nitrogen and oxygen atoms in total. The monoisotopic (exact) mass is 614 g/mol. The number of benzene rings is 7. The van der Waals surface area contributed by atoms with Crippen LogP contribution in [0.2, 0.25) is 0 Å². The van der Waals surface area contributed by atoms with E-state index in [0.29, 0.717) is 17.5 Å². The highest BCUT2D eigenvalue weighted by atomic mass is 16.3. The molecule has 0 N–H and O–H groups in total. The fourth-order valence-corrected chi connectivity index (χ4v) is 7.07. The first-order valence-corrected chi connectivity index (χ1v) is 16.0. The molecule has 0 radical (unpaired) electrons. The van der Waals surface area contributed by atoms with E-state index in [9.17, 15) is 0 Å². The molecule has 7 aromatic carbocycles. The number of fused-ring (bicyclic) bond motifs is 8. The molecule has 0 spiro atoms. The largest absolute Gasteiger partial charge is 0.455 e. The van der Waals surface area contributed by atoms with Crippen molar-refractivity contribution in [2.24, 2.45) is 0 Å². The lowest BCUT2D eigenvalue weighted by molar-refractivity contribution is 0.670. The Labute approximate surface area is 275 Å². The van der Waals surface area contributed by atoms with Crippen LogP contribution in [0.3, 0.4) is 0 Å². The van der Waals surface area contributed by atoms with E-state index >= 15 is 0 Å². The summed E-state index contributed by atoms with van der Waals surface area (Å²) < 4.78 is 8.90. The first kappa shape index (κ1) is 26.6. The van der Waals surface area contributed by atoms with E-state index in [1.165, 1.54) is 10.8 Å². The van der Waals surface area contributed by atoms with Crippen LogP contribution in [0.4, 0.5) is 0 Å². The summed E-state index contributed by atoms with van der Waals surface area (Å²) in [5.74, 6) is 1.77. The van der Waals surface area contributed by atoms with Crippen molar-refractivity contribution in [2.45, 2.75) is 0 Å². The van der Waals surface area contributed by atoms with E-state index in [2.05, 4.69) is 120 Å². The zero-order valence-electron chi connectivity index (χ0n) is 25.7. The number of nitrogens with zero attached hydrogens (tertiary/aromatic N) is 4. The van der Waals surface area contributed by atoms with Gasteiger partial charge in [0, 0.05) is 38.4 Å². The summed E-state index contributed by atoms with van der Waals surface area (Å²) in [5, 5.41) is 6.81. The molecule has 5 heteroatoms. The van der Waals surface area contributed by atoms with Crippen molar-refractivity contribution in [1.82, 2.24) is 19.5 Å². The third-order valence-corrected chi connectivity index (χ3v) is 9.22. The van der Waals surface area contributed by atoms with Gasteiger partial charge >= 0.3 is 0 Å². The van der Waals surface area contributed by atoms with E-state index in [4.69, 9.17) is 19.4 Å². The maximum Gasteiger partial charge on any atom is 0.167 e. The van der Waals surface area contributed by atoms with E-state index in [-0.39, 0.29) is 0 Å². The summed E-state index contributed by atoms with van der Waals surface area (Å²) in [6.45, 7) is 0. The Morgan fingerprint density at radius 3 is 1.79 bits per heavy atom. The summed E-state index contributed by atoms with van der Waals surface area (Å²) in [5.41, 5.74) is 7.60. The second-order valence-electron chi connectivity index (χ2n) is 12.0. The van der Waals surface area contributed by atoms with Gasteiger partial charge in [0.1, 0.15) is 11.2 Å². The van der Waals surface area contributed by atoms with Gasteiger partial charge in [-0.2, -0.15) is 0 Å². The Hall–Kier alpha value is -6.59.